The minimum Gasteiger partial charge on any atom is -0.490 e. The normalized spacial score (nSPS) is 19.9. The Kier molecular flexibility index (Phi) is 7.71. The van der Waals surface area contributed by atoms with E-state index in [4.69, 9.17) is 4.74 Å². The fourth-order valence-electron chi connectivity index (χ4n) is 3.57. The second-order valence-corrected chi connectivity index (χ2v) is 10.8. The van der Waals surface area contributed by atoms with Crippen LogP contribution >= 0.6 is 0 Å². The van der Waals surface area contributed by atoms with E-state index in [0.717, 1.165) is 25.3 Å². The third-order valence-electron chi connectivity index (χ3n) is 5.59. The highest BCUT2D eigenvalue weighted by molar-refractivity contribution is 7.89. The van der Waals surface area contributed by atoms with Crippen LogP contribution in [0.2, 0.25) is 0 Å². The van der Waals surface area contributed by atoms with Gasteiger partial charge in [-0.1, -0.05) is 12.2 Å². The van der Waals surface area contributed by atoms with Gasteiger partial charge in [0.2, 0.25) is 21.8 Å². The van der Waals surface area contributed by atoms with Crippen molar-refractivity contribution in [1.29, 1.82) is 0 Å². The van der Waals surface area contributed by atoms with Crippen molar-refractivity contribution in [2.45, 2.75) is 69.2 Å². The van der Waals surface area contributed by atoms with Gasteiger partial charge in [-0.2, -0.15) is 0 Å². The lowest BCUT2D eigenvalue weighted by molar-refractivity contribution is -0.136. The third kappa shape index (κ3) is 7.13. The highest BCUT2D eigenvalue weighted by atomic mass is 32.2. The molecule has 176 valence electrons. The number of hydrogen-bond donors (Lipinski definition) is 2. The SMILES string of the molecule is CC(C)(/C=C/CCCC1CCC(=O)NC1=O)NS(=O)(=O)c1ccc(F)c(OCC2CC2)c1. The molecular formula is C23H31FN2O5S. The van der Waals surface area contributed by atoms with Gasteiger partial charge in [0.15, 0.2) is 11.6 Å². The van der Waals surface area contributed by atoms with Gasteiger partial charge in [0.25, 0.3) is 0 Å². The van der Waals surface area contributed by atoms with Gasteiger partial charge in [0.05, 0.1) is 11.5 Å². The number of rotatable bonds is 11. The molecule has 32 heavy (non-hydrogen) atoms. The number of sulfonamides is 1. The average Bonchev–Trinajstić information content (AvgIpc) is 3.52. The first-order chi connectivity index (χ1) is 15.1. The number of unbranched alkanes of at least 4 members (excludes halogenated alkanes) is 1. The van der Waals surface area contributed by atoms with Crippen molar-refractivity contribution in [3.05, 3.63) is 36.2 Å². The molecule has 0 aromatic heterocycles. The predicted octanol–water partition coefficient (Wildman–Crippen LogP) is 3.45. The van der Waals surface area contributed by atoms with Crippen LogP contribution < -0.4 is 14.8 Å². The summed E-state index contributed by atoms with van der Waals surface area (Å²) in [6.07, 6.45) is 8.80. The number of hydrogen-bond acceptors (Lipinski definition) is 5. The average molecular weight is 467 g/mol. The minimum absolute atomic E-state index is 0.0518. The van der Waals surface area contributed by atoms with Gasteiger partial charge >= 0.3 is 0 Å². The van der Waals surface area contributed by atoms with Crippen LogP contribution in [0.25, 0.3) is 0 Å². The second kappa shape index (κ2) is 10.1. The molecule has 1 saturated carbocycles. The fraction of sp³-hybridized carbons (Fsp3) is 0.565. The van der Waals surface area contributed by atoms with Crippen LogP contribution in [-0.2, 0) is 19.6 Å². The highest BCUT2D eigenvalue weighted by Crippen LogP contribution is 2.31. The van der Waals surface area contributed by atoms with Crippen molar-refractivity contribution in [3.63, 3.8) is 0 Å². The standard InChI is InChI=1S/C23H31FN2O5S/c1-23(2,13-5-3-4-6-17-9-12-21(27)25-22(17)28)26-32(29,30)18-10-11-19(24)20(14-18)31-15-16-7-8-16/h5,10-11,13-14,16-17,26H,3-4,6-9,12,15H2,1-2H3,(H,25,27,28)/b13-5+. The molecule has 1 aliphatic heterocycles. The quantitative estimate of drug-likeness (QED) is 0.296. The molecule has 0 spiro atoms. The first-order valence-electron chi connectivity index (χ1n) is 11.0. The maximum atomic E-state index is 14.0. The molecule has 3 rings (SSSR count). The molecule has 1 aromatic rings. The first-order valence-corrected chi connectivity index (χ1v) is 12.5. The number of ether oxygens (including phenoxy) is 1. The topological polar surface area (TPSA) is 102 Å². The monoisotopic (exact) mass is 466 g/mol. The van der Waals surface area contributed by atoms with Crippen molar-refractivity contribution < 1.29 is 27.1 Å². The summed E-state index contributed by atoms with van der Waals surface area (Å²) in [5, 5.41) is 2.35. The lowest BCUT2D eigenvalue weighted by Crippen LogP contribution is -2.41. The molecule has 1 aromatic carbocycles. The zero-order chi connectivity index (χ0) is 23.4. The summed E-state index contributed by atoms with van der Waals surface area (Å²) >= 11 is 0. The lowest BCUT2D eigenvalue weighted by Gasteiger charge is -2.23. The zero-order valence-corrected chi connectivity index (χ0v) is 19.3. The van der Waals surface area contributed by atoms with Gasteiger partial charge < -0.3 is 4.74 Å². The molecule has 2 fully saturated rings. The molecule has 1 heterocycles. The van der Waals surface area contributed by atoms with Gasteiger partial charge in [0.1, 0.15) is 0 Å². The number of carbonyl (C=O) groups excluding carboxylic acids is 2. The summed E-state index contributed by atoms with van der Waals surface area (Å²) in [5.74, 6) is -0.795. The van der Waals surface area contributed by atoms with E-state index in [-0.39, 0.29) is 28.4 Å². The van der Waals surface area contributed by atoms with Gasteiger partial charge in [0, 0.05) is 23.9 Å². The Labute approximate surface area is 188 Å². The Morgan fingerprint density at radius 1 is 1.25 bits per heavy atom. The van der Waals surface area contributed by atoms with E-state index in [1.165, 1.54) is 12.1 Å². The summed E-state index contributed by atoms with van der Waals surface area (Å²) < 4.78 is 47.7. The Hall–Kier alpha value is -2.26. The van der Waals surface area contributed by atoms with Crippen LogP contribution in [0.5, 0.6) is 5.75 Å². The zero-order valence-electron chi connectivity index (χ0n) is 18.5. The van der Waals surface area contributed by atoms with E-state index in [0.29, 0.717) is 38.2 Å². The van der Waals surface area contributed by atoms with Crippen LogP contribution in [-0.4, -0.2) is 32.4 Å². The number of carbonyl (C=O) groups is 2. The van der Waals surface area contributed by atoms with Crippen LogP contribution in [0.4, 0.5) is 4.39 Å². The summed E-state index contributed by atoms with van der Waals surface area (Å²) in [6.45, 7) is 3.85. The number of benzene rings is 1. The molecular weight excluding hydrogens is 435 g/mol. The number of amides is 2. The molecule has 9 heteroatoms. The molecule has 2 amide bonds. The Morgan fingerprint density at radius 2 is 2.00 bits per heavy atom. The summed E-state index contributed by atoms with van der Waals surface area (Å²) in [6, 6.07) is 3.55. The number of nitrogens with one attached hydrogen (secondary N) is 2. The first kappa shape index (κ1) is 24.4. The number of halogens is 1. The van der Waals surface area contributed by atoms with Crippen molar-refractivity contribution in [1.82, 2.24) is 10.0 Å². The lowest BCUT2D eigenvalue weighted by atomic mass is 9.92. The van der Waals surface area contributed by atoms with Crippen molar-refractivity contribution >= 4 is 21.8 Å². The molecule has 7 nitrogen and oxygen atoms in total. The molecule has 1 saturated heterocycles. The van der Waals surface area contributed by atoms with E-state index in [1.54, 1.807) is 19.9 Å². The Bertz CT molecular complexity index is 986. The molecule has 0 bridgehead atoms. The van der Waals surface area contributed by atoms with Crippen LogP contribution in [0.1, 0.15) is 58.8 Å². The number of piperidine rings is 1. The molecule has 1 unspecified atom stereocenters. The van der Waals surface area contributed by atoms with E-state index in [9.17, 15) is 22.4 Å². The Morgan fingerprint density at radius 3 is 2.69 bits per heavy atom. The van der Waals surface area contributed by atoms with E-state index in [1.807, 2.05) is 6.08 Å². The second-order valence-electron chi connectivity index (χ2n) is 9.16. The molecule has 1 aliphatic carbocycles. The van der Waals surface area contributed by atoms with Crippen LogP contribution in [0.15, 0.2) is 35.2 Å². The molecule has 1 atom stereocenters. The van der Waals surface area contributed by atoms with E-state index >= 15 is 0 Å². The highest BCUT2D eigenvalue weighted by Gasteiger charge is 2.27. The maximum Gasteiger partial charge on any atom is 0.241 e. The fourth-order valence-corrected chi connectivity index (χ4v) is 4.95. The molecule has 2 aliphatic rings. The van der Waals surface area contributed by atoms with Crippen molar-refractivity contribution in [2.75, 3.05) is 6.61 Å². The number of imide groups is 1. The smallest absolute Gasteiger partial charge is 0.241 e. The maximum absolute atomic E-state index is 14.0. The molecule has 0 radical (unpaired) electrons. The van der Waals surface area contributed by atoms with Gasteiger partial charge in [-0.3, -0.25) is 14.9 Å². The van der Waals surface area contributed by atoms with Crippen molar-refractivity contribution in [2.24, 2.45) is 11.8 Å². The van der Waals surface area contributed by atoms with Crippen LogP contribution in [0, 0.1) is 17.7 Å². The number of allylic oxidation sites excluding steroid dienone is 1. The largest absolute Gasteiger partial charge is 0.490 e. The summed E-state index contributed by atoms with van der Waals surface area (Å²) in [7, 11) is -3.89. The predicted molar refractivity (Wildman–Crippen MR) is 118 cm³/mol. The summed E-state index contributed by atoms with van der Waals surface area (Å²) in [5.41, 5.74) is -0.864. The Balaban J connectivity index is 1.52. The minimum atomic E-state index is -3.89. The molecule has 2 N–H and O–H groups in total. The van der Waals surface area contributed by atoms with Gasteiger partial charge in [-0.05, 0) is 70.4 Å². The van der Waals surface area contributed by atoms with E-state index < -0.39 is 21.4 Å². The van der Waals surface area contributed by atoms with Crippen molar-refractivity contribution in [3.8, 4) is 5.75 Å². The third-order valence-corrected chi connectivity index (χ3v) is 7.26. The van der Waals surface area contributed by atoms with Gasteiger partial charge in [-0.25, -0.2) is 17.5 Å². The van der Waals surface area contributed by atoms with E-state index in [2.05, 4.69) is 10.0 Å². The van der Waals surface area contributed by atoms with Gasteiger partial charge in [-0.15, -0.1) is 0 Å². The summed E-state index contributed by atoms with van der Waals surface area (Å²) in [4.78, 5) is 22.9. The van der Waals surface area contributed by atoms with Crippen LogP contribution in [0.3, 0.4) is 0 Å².